The lowest BCUT2D eigenvalue weighted by atomic mass is 9.92. The summed E-state index contributed by atoms with van der Waals surface area (Å²) in [7, 11) is -4.58. The molecule has 0 aliphatic carbocycles. The minimum Gasteiger partial charge on any atom is -0.508 e. The highest BCUT2D eigenvalue weighted by Crippen LogP contribution is 2.42. The van der Waals surface area contributed by atoms with E-state index in [1.165, 1.54) is 12.1 Å². The number of nitrogens with one attached hydrogen (secondary N) is 1. The topological polar surface area (TPSA) is 130 Å². The molecule has 0 bridgehead atoms. The van der Waals surface area contributed by atoms with Crippen molar-refractivity contribution in [1.29, 1.82) is 0 Å². The molecule has 0 spiro atoms. The molecule has 2 aromatic rings. The van der Waals surface area contributed by atoms with Gasteiger partial charge in [-0.2, -0.15) is 0 Å². The average molecular weight is 339 g/mol. The number of phenolic OH excluding ortho intramolecular Hbond substituents is 3. The van der Waals surface area contributed by atoms with Crippen molar-refractivity contribution in [3.05, 3.63) is 47.5 Å². The third-order valence-electron chi connectivity index (χ3n) is 3.45. The van der Waals surface area contributed by atoms with E-state index >= 15 is 0 Å². The molecular formula is C15H18NO6P. The van der Waals surface area contributed by atoms with Crippen molar-refractivity contribution >= 4 is 13.4 Å². The van der Waals surface area contributed by atoms with Crippen molar-refractivity contribution in [2.75, 3.05) is 5.09 Å². The predicted molar refractivity (Wildman–Crippen MR) is 85.7 cm³/mol. The molecule has 2 aromatic carbocycles. The number of anilines is 1. The van der Waals surface area contributed by atoms with E-state index in [-0.39, 0.29) is 40.8 Å². The fourth-order valence-corrected chi connectivity index (χ4v) is 2.85. The Kier molecular flexibility index (Phi) is 4.85. The van der Waals surface area contributed by atoms with Crippen LogP contribution in [0.25, 0.3) is 0 Å². The predicted octanol–water partition coefficient (Wildman–Crippen LogP) is 2.65. The fourth-order valence-electron chi connectivity index (χ4n) is 2.34. The second kappa shape index (κ2) is 6.50. The third-order valence-corrected chi connectivity index (χ3v) is 3.98. The van der Waals surface area contributed by atoms with E-state index in [1.807, 2.05) is 12.0 Å². The maximum absolute atomic E-state index is 11.2. The van der Waals surface area contributed by atoms with Crippen LogP contribution in [0.5, 0.6) is 17.2 Å². The lowest BCUT2D eigenvalue weighted by Gasteiger charge is -2.18. The number of benzene rings is 2. The summed E-state index contributed by atoms with van der Waals surface area (Å²) in [5.74, 6) is -0.522. The van der Waals surface area contributed by atoms with Crippen LogP contribution in [0.2, 0.25) is 0 Å². The Balaban J connectivity index is 2.34. The molecule has 0 amide bonds. The van der Waals surface area contributed by atoms with E-state index in [4.69, 9.17) is 9.79 Å². The molecule has 2 rings (SSSR count). The van der Waals surface area contributed by atoms with Crippen LogP contribution in [0, 0.1) is 0 Å². The molecule has 0 heterocycles. The molecule has 6 N–H and O–H groups in total. The quantitative estimate of drug-likeness (QED) is 0.462. The number of rotatable bonds is 5. The van der Waals surface area contributed by atoms with Crippen LogP contribution < -0.4 is 5.09 Å². The average Bonchev–Trinajstić information content (AvgIpc) is 2.41. The highest BCUT2D eigenvalue weighted by Gasteiger charge is 2.20. The van der Waals surface area contributed by atoms with Gasteiger partial charge in [0.15, 0.2) is 0 Å². The molecule has 0 aromatic heterocycles. The maximum atomic E-state index is 11.2. The number of phenols is 3. The fraction of sp³-hybridized carbons (Fsp3) is 0.200. The first-order valence-electron chi connectivity index (χ1n) is 6.83. The molecule has 0 radical (unpaired) electrons. The van der Waals surface area contributed by atoms with Crippen molar-refractivity contribution in [2.24, 2.45) is 0 Å². The van der Waals surface area contributed by atoms with E-state index in [0.717, 1.165) is 17.7 Å². The van der Waals surface area contributed by atoms with E-state index < -0.39 is 7.75 Å². The van der Waals surface area contributed by atoms with Crippen LogP contribution in [0.3, 0.4) is 0 Å². The summed E-state index contributed by atoms with van der Waals surface area (Å²) in [5.41, 5.74) is 1.14. The van der Waals surface area contributed by atoms with Gasteiger partial charge in [-0.1, -0.05) is 19.1 Å². The van der Waals surface area contributed by atoms with Crippen molar-refractivity contribution < 1.29 is 29.7 Å². The molecule has 0 fully saturated rings. The SMILES string of the molecule is CC(Cc1c(O)cc(O)cc1NP(=O)(O)O)c1ccc(O)cc1. The second-order valence-corrected chi connectivity index (χ2v) is 6.66. The Morgan fingerprint density at radius 1 is 1.04 bits per heavy atom. The third kappa shape index (κ3) is 4.63. The first-order chi connectivity index (χ1) is 10.7. The number of hydrogen-bond acceptors (Lipinski definition) is 4. The van der Waals surface area contributed by atoms with Gasteiger partial charge in [0.25, 0.3) is 0 Å². The Labute approximate surface area is 133 Å². The van der Waals surface area contributed by atoms with Crippen molar-refractivity contribution in [3.63, 3.8) is 0 Å². The normalized spacial score (nSPS) is 12.8. The first kappa shape index (κ1) is 17.1. The second-order valence-electron chi connectivity index (χ2n) is 5.34. The van der Waals surface area contributed by atoms with E-state index in [9.17, 15) is 19.9 Å². The van der Waals surface area contributed by atoms with Gasteiger partial charge in [-0.25, -0.2) is 4.57 Å². The lowest BCUT2D eigenvalue weighted by molar-refractivity contribution is 0.380. The van der Waals surface area contributed by atoms with Crippen molar-refractivity contribution in [1.82, 2.24) is 0 Å². The summed E-state index contributed by atoms with van der Waals surface area (Å²) in [4.78, 5) is 18.1. The molecule has 0 aliphatic rings. The smallest absolute Gasteiger partial charge is 0.427 e. The molecule has 1 unspecified atom stereocenters. The molecule has 1 atom stereocenters. The largest absolute Gasteiger partial charge is 0.508 e. The highest BCUT2D eigenvalue weighted by atomic mass is 31.2. The molecule has 23 heavy (non-hydrogen) atoms. The van der Waals surface area contributed by atoms with Crippen LogP contribution in [0.1, 0.15) is 24.0 Å². The summed E-state index contributed by atoms with van der Waals surface area (Å²) in [6.45, 7) is 1.87. The zero-order valence-corrected chi connectivity index (χ0v) is 13.2. The molecule has 0 saturated carbocycles. The molecule has 0 saturated heterocycles. The van der Waals surface area contributed by atoms with Gasteiger partial charge in [-0.15, -0.1) is 0 Å². The van der Waals surface area contributed by atoms with E-state index in [1.54, 1.807) is 12.1 Å². The summed E-state index contributed by atoms with van der Waals surface area (Å²) in [6, 6.07) is 8.80. The first-order valence-corrected chi connectivity index (χ1v) is 8.44. The molecule has 124 valence electrons. The van der Waals surface area contributed by atoms with Crippen LogP contribution in [0.4, 0.5) is 5.69 Å². The van der Waals surface area contributed by atoms with Gasteiger partial charge in [0, 0.05) is 17.7 Å². The maximum Gasteiger partial charge on any atom is 0.427 e. The van der Waals surface area contributed by atoms with Crippen molar-refractivity contribution in [2.45, 2.75) is 19.3 Å². The molecule has 8 heteroatoms. The van der Waals surface area contributed by atoms with Crippen LogP contribution in [-0.2, 0) is 11.0 Å². The van der Waals surface area contributed by atoms with Crippen LogP contribution in [-0.4, -0.2) is 25.1 Å². The molecule has 7 nitrogen and oxygen atoms in total. The Morgan fingerprint density at radius 3 is 2.22 bits per heavy atom. The standard InChI is InChI=1S/C15H18NO6P/c1-9(10-2-4-11(17)5-3-10)6-13-14(16-23(20,21)22)7-12(18)8-15(13)19/h2-5,7-9,17-19H,6H2,1H3,(H3,16,20,21,22). The minimum atomic E-state index is -4.58. The summed E-state index contributed by atoms with van der Waals surface area (Å²) in [5, 5.41) is 30.8. The zero-order chi connectivity index (χ0) is 17.2. The molecule has 0 aliphatic heterocycles. The van der Waals surface area contributed by atoms with Gasteiger partial charge < -0.3 is 25.1 Å². The van der Waals surface area contributed by atoms with Gasteiger partial charge in [0.2, 0.25) is 0 Å². The zero-order valence-electron chi connectivity index (χ0n) is 12.3. The summed E-state index contributed by atoms with van der Waals surface area (Å²) in [6.07, 6.45) is 0.277. The Hall–Kier alpha value is -2.21. The summed E-state index contributed by atoms with van der Waals surface area (Å²) < 4.78 is 11.2. The number of aromatic hydroxyl groups is 3. The van der Waals surface area contributed by atoms with E-state index in [0.29, 0.717) is 0 Å². The Morgan fingerprint density at radius 2 is 1.65 bits per heavy atom. The Bertz CT molecular complexity index is 740. The minimum absolute atomic E-state index is 0.0264. The van der Waals surface area contributed by atoms with Gasteiger partial charge in [0.05, 0.1) is 5.69 Å². The highest BCUT2D eigenvalue weighted by molar-refractivity contribution is 7.53. The monoisotopic (exact) mass is 339 g/mol. The van der Waals surface area contributed by atoms with Gasteiger partial charge in [0.1, 0.15) is 17.2 Å². The van der Waals surface area contributed by atoms with Gasteiger partial charge in [-0.05, 0) is 30.0 Å². The summed E-state index contributed by atoms with van der Waals surface area (Å²) >= 11 is 0. The van der Waals surface area contributed by atoms with Crippen LogP contribution in [0.15, 0.2) is 36.4 Å². The lowest BCUT2D eigenvalue weighted by Crippen LogP contribution is -2.04. The van der Waals surface area contributed by atoms with E-state index in [2.05, 4.69) is 0 Å². The van der Waals surface area contributed by atoms with Crippen LogP contribution >= 0.6 is 7.75 Å². The molecular weight excluding hydrogens is 321 g/mol. The van der Waals surface area contributed by atoms with Gasteiger partial charge in [-0.3, -0.25) is 5.09 Å². The van der Waals surface area contributed by atoms with Gasteiger partial charge >= 0.3 is 7.75 Å². The van der Waals surface area contributed by atoms with Crippen molar-refractivity contribution in [3.8, 4) is 17.2 Å². The number of hydrogen-bond donors (Lipinski definition) is 6.